The van der Waals surface area contributed by atoms with Crippen LogP contribution in [0.2, 0.25) is 0 Å². The van der Waals surface area contributed by atoms with E-state index in [2.05, 4.69) is 5.32 Å². The summed E-state index contributed by atoms with van der Waals surface area (Å²) in [5, 5.41) is 3.00. The number of benzene rings is 1. The van der Waals surface area contributed by atoms with E-state index in [1.807, 2.05) is 0 Å². The van der Waals surface area contributed by atoms with Crippen LogP contribution >= 0.6 is 0 Å². The molecule has 1 saturated heterocycles. The minimum absolute atomic E-state index is 0.169. The highest BCUT2D eigenvalue weighted by Crippen LogP contribution is 2.37. The van der Waals surface area contributed by atoms with E-state index in [4.69, 9.17) is 0 Å². The van der Waals surface area contributed by atoms with Crippen molar-refractivity contribution < 1.29 is 17.6 Å². The maximum Gasteiger partial charge on any atom is 0.416 e. The summed E-state index contributed by atoms with van der Waals surface area (Å²) in [7, 11) is 0. The Morgan fingerprint density at radius 3 is 2.56 bits per heavy atom. The van der Waals surface area contributed by atoms with E-state index < -0.39 is 17.6 Å². The minimum atomic E-state index is -4.49. The van der Waals surface area contributed by atoms with Gasteiger partial charge >= 0.3 is 6.18 Å². The first-order chi connectivity index (χ1) is 7.48. The van der Waals surface area contributed by atoms with Gasteiger partial charge in [0.2, 0.25) is 0 Å². The van der Waals surface area contributed by atoms with Gasteiger partial charge in [0.05, 0.1) is 5.56 Å². The summed E-state index contributed by atoms with van der Waals surface area (Å²) in [6, 6.07) is 2.91. The second-order valence-corrected chi connectivity index (χ2v) is 3.92. The Bertz CT molecular complexity index is 380. The highest BCUT2D eigenvalue weighted by molar-refractivity contribution is 5.34. The van der Waals surface area contributed by atoms with E-state index in [1.165, 1.54) is 6.07 Å². The van der Waals surface area contributed by atoms with Crippen molar-refractivity contribution in [1.29, 1.82) is 0 Å². The maximum atomic E-state index is 12.8. The summed E-state index contributed by atoms with van der Waals surface area (Å²) in [4.78, 5) is 0. The van der Waals surface area contributed by atoms with Crippen LogP contribution in [0.5, 0.6) is 0 Å². The summed E-state index contributed by atoms with van der Waals surface area (Å²) >= 11 is 0. The van der Waals surface area contributed by atoms with E-state index >= 15 is 0 Å². The normalized spacial score (nSPS) is 21.4. The van der Waals surface area contributed by atoms with Crippen LogP contribution in [0.1, 0.15) is 23.5 Å². The van der Waals surface area contributed by atoms with Crippen molar-refractivity contribution in [2.75, 3.05) is 13.1 Å². The molecule has 1 heterocycles. The lowest BCUT2D eigenvalue weighted by Gasteiger charge is -2.17. The van der Waals surface area contributed by atoms with E-state index in [0.29, 0.717) is 25.6 Å². The molecule has 0 aliphatic carbocycles. The van der Waals surface area contributed by atoms with Crippen LogP contribution < -0.4 is 5.32 Å². The number of hydrogen-bond acceptors (Lipinski definition) is 1. The van der Waals surface area contributed by atoms with Gasteiger partial charge in [-0.2, -0.15) is 13.2 Å². The first kappa shape index (κ1) is 11.4. The number of hydrogen-bond donors (Lipinski definition) is 1. The topological polar surface area (TPSA) is 12.0 Å². The van der Waals surface area contributed by atoms with Crippen LogP contribution in [-0.4, -0.2) is 13.1 Å². The smallest absolute Gasteiger partial charge is 0.316 e. The van der Waals surface area contributed by atoms with Crippen LogP contribution in [0.4, 0.5) is 17.6 Å². The Morgan fingerprint density at radius 2 is 2.00 bits per heavy atom. The van der Waals surface area contributed by atoms with E-state index in [9.17, 15) is 17.6 Å². The highest BCUT2D eigenvalue weighted by Gasteiger charge is 2.36. The molecule has 1 aromatic carbocycles. The third-order valence-electron chi connectivity index (χ3n) is 2.82. The van der Waals surface area contributed by atoms with Crippen LogP contribution in [0.15, 0.2) is 18.2 Å². The minimum Gasteiger partial charge on any atom is -0.316 e. The summed E-state index contributed by atoms with van der Waals surface area (Å²) in [6.07, 6.45) is -3.82. The van der Waals surface area contributed by atoms with Gasteiger partial charge in [-0.05, 0) is 36.6 Å². The third-order valence-corrected chi connectivity index (χ3v) is 2.82. The van der Waals surface area contributed by atoms with Gasteiger partial charge in [-0.3, -0.25) is 0 Å². The monoisotopic (exact) mass is 233 g/mol. The average molecular weight is 233 g/mol. The molecule has 1 aliphatic heterocycles. The predicted molar refractivity (Wildman–Crippen MR) is 51.6 cm³/mol. The Balaban J connectivity index is 2.43. The van der Waals surface area contributed by atoms with Gasteiger partial charge in [-0.1, -0.05) is 6.07 Å². The predicted octanol–water partition coefficient (Wildman–Crippen LogP) is 2.92. The van der Waals surface area contributed by atoms with Gasteiger partial charge in [0, 0.05) is 6.54 Å². The molecular weight excluding hydrogens is 222 g/mol. The van der Waals surface area contributed by atoms with Crippen LogP contribution in [0.25, 0.3) is 0 Å². The molecule has 0 bridgehead atoms. The molecule has 0 saturated carbocycles. The van der Waals surface area contributed by atoms with Crippen molar-refractivity contribution in [2.24, 2.45) is 0 Å². The molecule has 1 nitrogen and oxygen atoms in total. The molecule has 1 aromatic rings. The molecule has 88 valence electrons. The Labute approximate surface area is 90.5 Å². The standard InChI is InChI=1S/C11H11F4N/c12-8-1-2-9(7-3-4-16-6-7)10(5-8)11(13,14)15/h1-2,5,7,16H,3-4,6H2. The van der Waals surface area contributed by atoms with E-state index in [-0.39, 0.29) is 11.5 Å². The van der Waals surface area contributed by atoms with Crippen LogP contribution in [0.3, 0.4) is 0 Å². The summed E-state index contributed by atoms with van der Waals surface area (Å²) in [5.41, 5.74) is -0.653. The number of nitrogens with one attached hydrogen (secondary N) is 1. The molecule has 0 radical (unpaired) electrons. The Kier molecular flexibility index (Phi) is 2.88. The zero-order valence-corrected chi connectivity index (χ0v) is 8.44. The quantitative estimate of drug-likeness (QED) is 0.735. The molecule has 1 N–H and O–H groups in total. The highest BCUT2D eigenvalue weighted by atomic mass is 19.4. The summed E-state index contributed by atoms with van der Waals surface area (Å²) in [5.74, 6) is -1.01. The molecule has 0 spiro atoms. The molecular formula is C11H11F4N. The number of alkyl halides is 3. The van der Waals surface area contributed by atoms with Gasteiger partial charge in [-0.15, -0.1) is 0 Å². The van der Waals surface area contributed by atoms with Crippen LogP contribution in [-0.2, 0) is 6.18 Å². The second-order valence-electron chi connectivity index (χ2n) is 3.92. The van der Waals surface area contributed by atoms with Crippen molar-refractivity contribution in [3.05, 3.63) is 35.1 Å². The van der Waals surface area contributed by atoms with Crippen molar-refractivity contribution >= 4 is 0 Å². The fourth-order valence-electron chi connectivity index (χ4n) is 2.05. The molecule has 2 rings (SSSR count). The first-order valence-corrected chi connectivity index (χ1v) is 5.06. The second kappa shape index (κ2) is 4.05. The largest absolute Gasteiger partial charge is 0.416 e. The van der Waals surface area contributed by atoms with Gasteiger partial charge < -0.3 is 5.32 Å². The Hall–Kier alpha value is -1.10. The van der Waals surface area contributed by atoms with E-state index in [0.717, 1.165) is 6.07 Å². The van der Waals surface area contributed by atoms with Crippen LogP contribution in [0, 0.1) is 5.82 Å². The SMILES string of the molecule is Fc1ccc(C2CCNC2)c(C(F)(F)F)c1. The molecule has 0 amide bonds. The first-order valence-electron chi connectivity index (χ1n) is 5.06. The van der Waals surface area contributed by atoms with Gasteiger partial charge in [0.1, 0.15) is 5.82 Å². The molecule has 1 unspecified atom stereocenters. The van der Waals surface area contributed by atoms with Crippen molar-refractivity contribution in [3.63, 3.8) is 0 Å². The molecule has 1 atom stereocenters. The fourth-order valence-corrected chi connectivity index (χ4v) is 2.05. The zero-order valence-electron chi connectivity index (χ0n) is 8.44. The van der Waals surface area contributed by atoms with E-state index in [1.54, 1.807) is 0 Å². The molecule has 5 heteroatoms. The van der Waals surface area contributed by atoms with Gasteiger partial charge in [0.25, 0.3) is 0 Å². The lowest BCUT2D eigenvalue weighted by molar-refractivity contribution is -0.138. The lowest BCUT2D eigenvalue weighted by atomic mass is 9.93. The van der Waals surface area contributed by atoms with Gasteiger partial charge in [-0.25, -0.2) is 4.39 Å². The average Bonchev–Trinajstić information content (AvgIpc) is 2.69. The van der Waals surface area contributed by atoms with Crippen molar-refractivity contribution in [2.45, 2.75) is 18.5 Å². The molecule has 1 fully saturated rings. The maximum absolute atomic E-state index is 12.8. The fraction of sp³-hybridized carbons (Fsp3) is 0.455. The number of halogens is 4. The molecule has 0 aromatic heterocycles. The summed E-state index contributed by atoms with van der Waals surface area (Å²) < 4.78 is 50.9. The summed E-state index contributed by atoms with van der Waals surface area (Å²) in [6.45, 7) is 1.23. The number of rotatable bonds is 1. The lowest BCUT2D eigenvalue weighted by Crippen LogP contribution is -2.14. The van der Waals surface area contributed by atoms with Crippen molar-refractivity contribution in [3.8, 4) is 0 Å². The third kappa shape index (κ3) is 2.19. The molecule has 16 heavy (non-hydrogen) atoms. The Morgan fingerprint density at radius 1 is 1.25 bits per heavy atom. The zero-order chi connectivity index (χ0) is 11.8. The molecule has 1 aliphatic rings. The van der Waals surface area contributed by atoms with Crippen molar-refractivity contribution in [1.82, 2.24) is 5.32 Å². The van der Waals surface area contributed by atoms with Gasteiger partial charge in [0.15, 0.2) is 0 Å².